The number of hydrogen-bond donors (Lipinski definition) is 1. The molecule has 2 aromatic heterocycles. The molecule has 0 bridgehead atoms. The Bertz CT molecular complexity index is 713. The fourth-order valence-electron chi connectivity index (χ4n) is 2.88. The molecule has 2 unspecified atom stereocenters. The van der Waals surface area contributed by atoms with Crippen molar-refractivity contribution in [3.05, 3.63) is 36.3 Å². The summed E-state index contributed by atoms with van der Waals surface area (Å²) in [6.45, 7) is 2.67. The third-order valence-electron chi connectivity index (χ3n) is 3.97. The van der Waals surface area contributed by atoms with Crippen LogP contribution in [-0.2, 0) is 4.79 Å². The average molecular weight is 315 g/mol. The molecule has 0 aliphatic carbocycles. The Labute approximate surface area is 132 Å². The van der Waals surface area contributed by atoms with Crippen molar-refractivity contribution in [2.75, 3.05) is 13.1 Å². The van der Waals surface area contributed by atoms with E-state index in [1.165, 1.54) is 4.90 Å². The number of amides is 1. The minimum Gasteiger partial charge on any atom is -0.481 e. The number of carbonyl (C=O) groups is 2. The van der Waals surface area contributed by atoms with Crippen LogP contribution in [-0.4, -0.2) is 45.1 Å². The highest BCUT2D eigenvalue weighted by molar-refractivity contribution is 5.93. The Kier molecular flexibility index (Phi) is 4.10. The van der Waals surface area contributed by atoms with Crippen molar-refractivity contribution < 1.29 is 19.2 Å². The van der Waals surface area contributed by atoms with E-state index >= 15 is 0 Å². The van der Waals surface area contributed by atoms with Crippen LogP contribution in [0.1, 0.15) is 23.8 Å². The number of carboxylic acids is 1. The van der Waals surface area contributed by atoms with Gasteiger partial charge in [-0.1, -0.05) is 12.1 Å². The predicted octanol–water partition coefficient (Wildman–Crippen LogP) is 1.92. The maximum absolute atomic E-state index is 12.6. The van der Waals surface area contributed by atoms with Crippen LogP contribution in [0.3, 0.4) is 0 Å². The number of pyridine rings is 1. The van der Waals surface area contributed by atoms with E-state index < -0.39 is 11.9 Å². The number of aliphatic carboxylic acids is 1. The SMILES string of the molecule is CC1CC(C(=O)O)CN(C(=O)c2cc(-c3cccnc3)on2)C1. The van der Waals surface area contributed by atoms with E-state index in [1.807, 2.05) is 13.0 Å². The van der Waals surface area contributed by atoms with E-state index in [0.717, 1.165) is 5.56 Å². The zero-order valence-electron chi connectivity index (χ0n) is 12.7. The molecule has 0 aromatic carbocycles. The Balaban J connectivity index is 1.78. The summed E-state index contributed by atoms with van der Waals surface area (Å²) in [5.41, 5.74) is 0.913. The first-order valence-electron chi connectivity index (χ1n) is 7.44. The largest absolute Gasteiger partial charge is 0.481 e. The Hall–Kier alpha value is -2.70. The minimum atomic E-state index is -0.870. The van der Waals surface area contributed by atoms with Gasteiger partial charge in [0, 0.05) is 37.1 Å². The predicted molar refractivity (Wildman–Crippen MR) is 80.5 cm³/mol. The topological polar surface area (TPSA) is 96.5 Å². The zero-order chi connectivity index (χ0) is 16.4. The van der Waals surface area contributed by atoms with Gasteiger partial charge >= 0.3 is 5.97 Å². The highest BCUT2D eigenvalue weighted by atomic mass is 16.5. The maximum atomic E-state index is 12.6. The number of aromatic nitrogens is 2. The van der Waals surface area contributed by atoms with E-state index in [1.54, 1.807) is 24.5 Å². The van der Waals surface area contributed by atoms with Crippen LogP contribution in [0.2, 0.25) is 0 Å². The standard InChI is InChI=1S/C16H17N3O4/c1-10-5-12(16(21)22)9-19(8-10)15(20)13-6-14(23-18-13)11-3-2-4-17-7-11/h2-4,6-7,10,12H,5,8-9H2,1H3,(H,21,22). The lowest BCUT2D eigenvalue weighted by atomic mass is 9.90. The van der Waals surface area contributed by atoms with Crippen LogP contribution in [0.25, 0.3) is 11.3 Å². The average Bonchev–Trinajstić information content (AvgIpc) is 3.04. The molecule has 0 spiro atoms. The number of carboxylic acid groups (broad SMARTS) is 1. The van der Waals surface area contributed by atoms with Crippen molar-refractivity contribution in [2.24, 2.45) is 11.8 Å². The van der Waals surface area contributed by atoms with Crippen LogP contribution in [0.4, 0.5) is 0 Å². The third kappa shape index (κ3) is 3.23. The molecule has 1 aliphatic heterocycles. The lowest BCUT2D eigenvalue weighted by Gasteiger charge is -2.34. The van der Waals surface area contributed by atoms with E-state index in [-0.39, 0.29) is 24.1 Å². The molecule has 1 fully saturated rings. The second-order valence-corrected chi connectivity index (χ2v) is 5.90. The summed E-state index contributed by atoms with van der Waals surface area (Å²) >= 11 is 0. The van der Waals surface area contributed by atoms with Gasteiger partial charge < -0.3 is 14.5 Å². The number of rotatable bonds is 3. The van der Waals surface area contributed by atoms with Crippen molar-refractivity contribution >= 4 is 11.9 Å². The number of piperidine rings is 1. The molecule has 7 heteroatoms. The van der Waals surface area contributed by atoms with Crippen molar-refractivity contribution in [3.63, 3.8) is 0 Å². The summed E-state index contributed by atoms with van der Waals surface area (Å²) in [5.74, 6) is -1.11. The van der Waals surface area contributed by atoms with Crippen molar-refractivity contribution in [1.29, 1.82) is 0 Å². The summed E-state index contributed by atoms with van der Waals surface area (Å²) < 4.78 is 5.21. The Morgan fingerprint density at radius 1 is 1.39 bits per heavy atom. The highest BCUT2D eigenvalue weighted by Gasteiger charge is 2.33. The van der Waals surface area contributed by atoms with Gasteiger partial charge in [0.05, 0.1) is 5.92 Å². The second kappa shape index (κ2) is 6.20. The first-order chi connectivity index (χ1) is 11.0. The Morgan fingerprint density at radius 2 is 2.22 bits per heavy atom. The number of nitrogens with zero attached hydrogens (tertiary/aromatic N) is 3. The number of carbonyl (C=O) groups excluding carboxylic acids is 1. The molecule has 3 rings (SSSR count). The van der Waals surface area contributed by atoms with Crippen molar-refractivity contribution in [3.8, 4) is 11.3 Å². The van der Waals surface area contributed by atoms with Crippen LogP contribution in [0, 0.1) is 11.8 Å². The van der Waals surface area contributed by atoms with Crippen LogP contribution < -0.4 is 0 Å². The van der Waals surface area contributed by atoms with Gasteiger partial charge in [0.25, 0.3) is 5.91 Å². The molecule has 23 heavy (non-hydrogen) atoms. The quantitative estimate of drug-likeness (QED) is 0.929. The fraction of sp³-hybridized carbons (Fsp3) is 0.375. The van der Waals surface area contributed by atoms with Gasteiger partial charge in [-0.3, -0.25) is 14.6 Å². The summed E-state index contributed by atoms with van der Waals surface area (Å²) in [7, 11) is 0. The molecule has 1 saturated heterocycles. The van der Waals surface area contributed by atoms with E-state index in [4.69, 9.17) is 4.52 Å². The molecule has 3 heterocycles. The second-order valence-electron chi connectivity index (χ2n) is 5.90. The molecule has 2 aromatic rings. The summed E-state index contributed by atoms with van der Waals surface area (Å²) in [6, 6.07) is 5.14. The van der Waals surface area contributed by atoms with Gasteiger partial charge in [-0.15, -0.1) is 0 Å². The summed E-state index contributed by atoms with van der Waals surface area (Å²) in [4.78, 5) is 29.3. The molecule has 120 valence electrons. The molecule has 0 saturated carbocycles. The van der Waals surface area contributed by atoms with Gasteiger partial charge in [0.15, 0.2) is 11.5 Å². The van der Waals surface area contributed by atoms with Gasteiger partial charge in [-0.05, 0) is 24.5 Å². The van der Waals surface area contributed by atoms with E-state index in [0.29, 0.717) is 18.7 Å². The summed E-state index contributed by atoms with van der Waals surface area (Å²) in [6.07, 6.45) is 3.85. The lowest BCUT2D eigenvalue weighted by Crippen LogP contribution is -2.45. The highest BCUT2D eigenvalue weighted by Crippen LogP contribution is 2.25. The number of likely N-dealkylation sites (tertiary alicyclic amines) is 1. The van der Waals surface area contributed by atoms with Gasteiger partial charge in [0.1, 0.15) is 0 Å². The fourth-order valence-corrected chi connectivity index (χ4v) is 2.88. The van der Waals surface area contributed by atoms with Crippen LogP contribution in [0.15, 0.2) is 35.1 Å². The van der Waals surface area contributed by atoms with Gasteiger partial charge in [0.2, 0.25) is 0 Å². The number of hydrogen-bond acceptors (Lipinski definition) is 5. The molecule has 1 amide bonds. The first-order valence-corrected chi connectivity index (χ1v) is 7.44. The molecular weight excluding hydrogens is 298 g/mol. The molecule has 1 N–H and O–H groups in total. The van der Waals surface area contributed by atoms with E-state index in [9.17, 15) is 14.7 Å². The third-order valence-corrected chi connectivity index (χ3v) is 3.97. The lowest BCUT2D eigenvalue weighted by molar-refractivity contribution is -0.143. The minimum absolute atomic E-state index is 0.137. The van der Waals surface area contributed by atoms with Gasteiger partial charge in [-0.25, -0.2) is 0 Å². The maximum Gasteiger partial charge on any atom is 0.308 e. The molecule has 1 aliphatic rings. The summed E-state index contributed by atoms with van der Waals surface area (Å²) in [5, 5.41) is 13.0. The monoisotopic (exact) mass is 315 g/mol. The zero-order valence-corrected chi connectivity index (χ0v) is 12.7. The van der Waals surface area contributed by atoms with Crippen molar-refractivity contribution in [1.82, 2.24) is 15.0 Å². The molecule has 7 nitrogen and oxygen atoms in total. The molecular formula is C16H17N3O4. The molecule has 0 radical (unpaired) electrons. The van der Waals surface area contributed by atoms with Crippen LogP contribution in [0.5, 0.6) is 0 Å². The Morgan fingerprint density at radius 3 is 2.91 bits per heavy atom. The van der Waals surface area contributed by atoms with Crippen LogP contribution >= 0.6 is 0 Å². The molecule has 2 atom stereocenters. The van der Waals surface area contributed by atoms with E-state index in [2.05, 4.69) is 10.1 Å². The smallest absolute Gasteiger partial charge is 0.308 e. The normalized spacial score (nSPS) is 21.2. The first kappa shape index (κ1) is 15.2. The van der Waals surface area contributed by atoms with Gasteiger partial charge in [-0.2, -0.15) is 0 Å². The van der Waals surface area contributed by atoms with Crippen molar-refractivity contribution in [2.45, 2.75) is 13.3 Å².